The van der Waals surface area contributed by atoms with Crippen molar-refractivity contribution in [3.05, 3.63) is 41.5 Å². The topological polar surface area (TPSA) is 81.5 Å². The Morgan fingerprint density at radius 3 is 2.81 bits per heavy atom. The predicted octanol–water partition coefficient (Wildman–Crippen LogP) is 0.863. The lowest BCUT2D eigenvalue weighted by Crippen LogP contribution is -2.41. The van der Waals surface area contributed by atoms with Gasteiger partial charge in [0.05, 0.1) is 18.8 Å². The van der Waals surface area contributed by atoms with E-state index in [1.54, 1.807) is 13.3 Å². The molecule has 0 bridgehead atoms. The zero-order valence-electron chi connectivity index (χ0n) is 16.3. The Morgan fingerprint density at radius 1 is 1.33 bits per heavy atom. The molecule has 146 valence electrons. The minimum atomic E-state index is -0.105. The van der Waals surface area contributed by atoms with Gasteiger partial charge in [-0.25, -0.2) is 0 Å². The predicted molar refractivity (Wildman–Crippen MR) is 101 cm³/mol. The molecule has 0 aliphatic carbocycles. The lowest BCUT2D eigenvalue weighted by molar-refractivity contribution is -0.125. The summed E-state index contributed by atoms with van der Waals surface area (Å²) in [4.78, 5) is 19.0. The van der Waals surface area contributed by atoms with Gasteiger partial charge in [-0.3, -0.25) is 19.4 Å². The van der Waals surface area contributed by atoms with Gasteiger partial charge in [-0.1, -0.05) is 0 Å². The van der Waals surface area contributed by atoms with Crippen molar-refractivity contribution >= 4 is 5.91 Å². The molecular weight excluding hydrogens is 346 g/mol. The van der Waals surface area contributed by atoms with Gasteiger partial charge < -0.3 is 14.8 Å². The average Bonchev–Trinajstić information content (AvgIpc) is 3.20. The Bertz CT molecular complexity index is 791. The molecule has 3 rings (SSSR count). The second-order valence-electron chi connectivity index (χ2n) is 6.93. The highest BCUT2D eigenvalue weighted by molar-refractivity contribution is 5.77. The van der Waals surface area contributed by atoms with E-state index >= 15 is 0 Å². The number of nitrogens with zero attached hydrogens (tertiary/aromatic N) is 4. The highest BCUT2D eigenvalue weighted by atomic mass is 16.5. The molecule has 0 unspecified atom stereocenters. The number of hydrogen-bond donors (Lipinski definition) is 1. The van der Waals surface area contributed by atoms with Crippen LogP contribution in [0, 0.1) is 6.92 Å². The zero-order valence-corrected chi connectivity index (χ0v) is 16.3. The van der Waals surface area contributed by atoms with Gasteiger partial charge in [-0.15, -0.1) is 0 Å². The molecule has 1 saturated heterocycles. The third-order valence-electron chi connectivity index (χ3n) is 4.86. The van der Waals surface area contributed by atoms with Crippen LogP contribution in [0.5, 0.6) is 5.75 Å². The van der Waals surface area contributed by atoms with Crippen molar-refractivity contribution in [3.63, 3.8) is 0 Å². The van der Waals surface area contributed by atoms with Crippen molar-refractivity contribution in [2.45, 2.75) is 25.4 Å². The van der Waals surface area contributed by atoms with Gasteiger partial charge in [0.1, 0.15) is 12.4 Å². The monoisotopic (exact) mass is 373 g/mol. The van der Waals surface area contributed by atoms with E-state index in [2.05, 4.69) is 20.3 Å². The number of methoxy groups -OCH3 is 2. The molecule has 0 aromatic carbocycles. The van der Waals surface area contributed by atoms with E-state index in [0.717, 1.165) is 35.9 Å². The van der Waals surface area contributed by atoms with Crippen LogP contribution >= 0.6 is 0 Å². The molecule has 8 heteroatoms. The molecule has 8 nitrogen and oxygen atoms in total. The summed E-state index contributed by atoms with van der Waals surface area (Å²) >= 11 is 0. The van der Waals surface area contributed by atoms with E-state index in [-0.39, 0.29) is 24.5 Å². The van der Waals surface area contributed by atoms with Crippen LogP contribution in [0.15, 0.2) is 24.4 Å². The largest absolute Gasteiger partial charge is 0.497 e. The summed E-state index contributed by atoms with van der Waals surface area (Å²) in [5.41, 5.74) is 2.99. The van der Waals surface area contributed by atoms with E-state index < -0.39 is 0 Å². The highest BCUT2D eigenvalue weighted by Crippen LogP contribution is 2.28. The smallest absolute Gasteiger partial charge is 0.246 e. The number of carbonyl (C=O) groups excluding carboxylic acids is 1. The fourth-order valence-electron chi connectivity index (χ4n) is 3.72. The van der Waals surface area contributed by atoms with Crippen molar-refractivity contribution in [3.8, 4) is 5.75 Å². The molecular formula is C19H27N5O3. The van der Waals surface area contributed by atoms with Crippen molar-refractivity contribution in [1.82, 2.24) is 25.0 Å². The lowest BCUT2D eigenvalue weighted by atomic mass is 9.99. The van der Waals surface area contributed by atoms with Crippen LogP contribution in [0.2, 0.25) is 0 Å². The number of carbonyl (C=O) groups is 1. The Morgan fingerprint density at radius 2 is 2.15 bits per heavy atom. The number of pyridine rings is 1. The number of likely N-dealkylation sites (tertiary alicyclic amines) is 1. The van der Waals surface area contributed by atoms with Crippen LogP contribution in [0.25, 0.3) is 0 Å². The second-order valence-corrected chi connectivity index (χ2v) is 6.93. The SMILES string of the molecule is COCC(=O)N[C@@H]1CN(Cc2cc(OC)cc(C)n2)C[C@H]1c1ccnn1C. The number of nitrogens with one attached hydrogen (secondary N) is 1. The Kier molecular flexibility index (Phi) is 6.08. The maximum atomic E-state index is 12.1. The minimum Gasteiger partial charge on any atom is -0.497 e. The Balaban J connectivity index is 1.77. The zero-order chi connectivity index (χ0) is 19.4. The minimum absolute atomic E-state index is 0.00486. The van der Waals surface area contributed by atoms with Gasteiger partial charge in [0, 0.05) is 69.4 Å². The first kappa shape index (κ1) is 19.3. The number of amides is 1. The number of ether oxygens (including phenoxy) is 2. The van der Waals surface area contributed by atoms with Gasteiger partial charge in [0.15, 0.2) is 0 Å². The molecule has 0 spiro atoms. The van der Waals surface area contributed by atoms with E-state index in [1.165, 1.54) is 7.11 Å². The van der Waals surface area contributed by atoms with Crippen molar-refractivity contribution in [2.75, 3.05) is 33.9 Å². The average molecular weight is 373 g/mol. The molecule has 1 fully saturated rings. The van der Waals surface area contributed by atoms with Crippen LogP contribution in [0.1, 0.15) is 23.0 Å². The van der Waals surface area contributed by atoms with Crippen LogP contribution in [-0.4, -0.2) is 65.5 Å². The van der Waals surface area contributed by atoms with Gasteiger partial charge in [-0.05, 0) is 13.0 Å². The third-order valence-corrected chi connectivity index (χ3v) is 4.86. The first-order valence-corrected chi connectivity index (χ1v) is 9.00. The maximum absolute atomic E-state index is 12.1. The Hall–Kier alpha value is -2.45. The maximum Gasteiger partial charge on any atom is 0.246 e. The molecule has 2 atom stereocenters. The summed E-state index contributed by atoms with van der Waals surface area (Å²) < 4.78 is 12.2. The molecule has 27 heavy (non-hydrogen) atoms. The van der Waals surface area contributed by atoms with Crippen molar-refractivity contribution < 1.29 is 14.3 Å². The van der Waals surface area contributed by atoms with Gasteiger partial charge in [-0.2, -0.15) is 5.10 Å². The number of aromatic nitrogens is 3. The summed E-state index contributed by atoms with van der Waals surface area (Å²) in [6, 6.07) is 5.88. The lowest BCUT2D eigenvalue weighted by Gasteiger charge is -2.20. The second kappa shape index (κ2) is 8.49. The molecule has 2 aromatic rings. The summed E-state index contributed by atoms with van der Waals surface area (Å²) in [5, 5.41) is 7.39. The Labute approximate surface area is 159 Å². The van der Waals surface area contributed by atoms with Gasteiger partial charge >= 0.3 is 0 Å². The standard InChI is InChI=1S/C19H27N5O3/c1-13-7-15(27-4)8-14(21-13)9-24-10-16(18-5-6-20-23(18)2)17(11-24)22-19(25)12-26-3/h5-8,16-17H,9-12H2,1-4H3,(H,22,25)/t16-,17-/m1/s1. The quantitative estimate of drug-likeness (QED) is 0.775. The fourth-order valence-corrected chi connectivity index (χ4v) is 3.72. The molecule has 1 aliphatic rings. The summed E-state index contributed by atoms with van der Waals surface area (Å²) in [5.74, 6) is 0.863. The van der Waals surface area contributed by atoms with Gasteiger partial charge in [0.2, 0.25) is 5.91 Å². The van der Waals surface area contributed by atoms with Crippen molar-refractivity contribution in [1.29, 1.82) is 0 Å². The number of aryl methyl sites for hydroxylation is 2. The van der Waals surface area contributed by atoms with Gasteiger partial charge in [0.25, 0.3) is 0 Å². The number of hydrogen-bond acceptors (Lipinski definition) is 6. The van der Waals surface area contributed by atoms with E-state index in [9.17, 15) is 4.79 Å². The molecule has 1 amide bonds. The van der Waals surface area contributed by atoms with E-state index in [4.69, 9.17) is 9.47 Å². The molecule has 0 saturated carbocycles. The molecule has 1 N–H and O–H groups in total. The van der Waals surface area contributed by atoms with Crippen LogP contribution in [0.4, 0.5) is 0 Å². The highest BCUT2D eigenvalue weighted by Gasteiger charge is 2.36. The van der Waals surface area contributed by atoms with E-state index in [0.29, 0.717) is 6.54 Å². The molecule has 2 aromatic heterocycles. The summed E-state index contributed by atoms with van der Waals surface area (Å²) in [6.07, 6.45) is 1.79. The first-order chi connectivity index (χ1) is 13.0. The van der Waals surface area contributed by atoms with E-state index in [1.807, 2.05) is 36.9 Å². The normalized spacial score (nSPS) is 20.0. The first-order valence-electron chi connectivity index (χ1n) is 9.00. The molecule has 3 heterocycles. The third kappa shape index (κ3) is 4.64. The van der Waals surface area contributed by atoms with Crippen LogP contribution in [-0.2, 0) is 23.1 Å². The van der Waals surface area contributed by atoms with Crippen LogP contribution in [0.3, 0.4) is 0 Å². The fraction of sp³-hybridized carbons (Fsp3) is 0.526. The van der Waals surface area contributed by atoms with Crippen LogP contribution < -0.4 is 10.1 Å². The molecule has 0 radical (unpaired) electrons. The molecule has 1 aliphatic heterocycles. The summed E-state index contributed by atoms with van der Waals surface area (Å²) in [7, 11) is 5.11. The van der Waals surface area contributed by atoms with Crippen molar-refractivity contribution in [2.24, 2.45) is 7.05 Å². The summed E-state index contributed by atoms with van der Waals surface area (Å²) in [6.45, 7) is 4.27. The number of rotatable bonds is 7.